The third kappa shape index (κ3) is 2.20. The first kappa shape index (κ1) is 11.4. The van der Waals surface area contributed by atoms with Crippen LogP contribution >= 0.6 is 11.3 Å². The Kier molecular flexibility index (Phi) is 2.90. The molecule has 16 heavy (non-hydrogen) atoms. The highest BCUT2D eigenvalue weighted by molar-refractivity contribution is 7.12. The SMILES string of the molecule is CC1(C)CN(C(=O)c2sccc2N)CCO1. The maximum Gasteiger partial charge on any atom is 0.266 e. The zero-order chi connectivity index (χ0) is 11.8. The summed E-state index contributed by atoms with van der Waals surface area (Å²) in [4.78, 5) is 14.6. The van der Waals surface area contributed by atoms with Crippen LogP contribution in [0.1, 0.15) is 23.5 Å². The van der Waals surface area contributed by atoms with Crippen LogP contribution in [0.4, 0.5) is 5.69 Å². The van der Waals surface area contributed by atoms with Gasteiger partial charge in [-0.2, -0.15) is 0 Å². The molecule has 2 heterocycles. The van der Waals surface area contributed by atoms with Gasteiger partial charge in [0.2, 0.25) is 0 Å². The summed E-state index contributed by atoms with van der Waals surface area (Å²) >= 11 is 1.39. The van der Waals surface area contributed by atoms with Gasteiger partial charge in [-0.1, -0.05) is 0 Å². The Labute approximate surface area is 99.0 Å². The number of carbonyl (C=O) groups excluding carboxylic acids is 1. The molecule has 4 nitrogen and oxygen atoms in total. The van der Waals surface area contributed by atoms with Gasteiger partial charge in [-0.05, 0) is 25.3 Å². The highest BCUT2D eigenvalue weighted by Gasteiger charge is 2.31. The van der Waals surface area contributed by atoms with E-state index in [9.17, 15) is 4.79 Å². The lowest BCUT2D eigenvalue weighted by molar-refractivity contribution is -0.0762. The number of nitrogen functional groups attached to an aromatic ring is 1. The average molecular weight is 240 g/mol. The van der Waals surface area contributed by atoms with E-state index in [1.165, 1.54) is 11.3 Å². The van der Waals surface area contributed by atoms with Gasteiger partial charge in [-0.15, -0.1) is 11.3 Å². The van der Waals surface area contributed by atoms with Crippen molar-refractivity contribution in [2.75, 3.05) is 25.4 Å². The van der Waals surface area contributed by atoms with Crippen molar-refractivity contribution in [3.05, 3.63) is 16.3 Å². The van der Waals surface area contributed by atoms with E-state index in [4.69, 9.17) is 10.5 Å². The minimum atomic E-state index is -0.264. The molecule has 1 saturated heterocycles. The van der Waals surface area contributed by atoms with E-state index >= 15 is 0 Å². The smallest absolute Gasteiger partial charge is 0.266 e. The van der Waals surface area contributed by atoms with Gasteiger partial charge in [0.1, 0.15) is 4.88 Å². The van der Waals surface area contributed by atoms with Gasteiger partial charge in [0.25, 0.3) is 5.91 Å². The normalized spacial score (nSPS) is 19.8. The number of nitrogens with zero attached hydrogens (tertiary/aromatic N) is 1. The number of thiophene rings is 1. The Balaban J connectivity index is 2.14. The first-order valence-corrected chi connectivity index (χ1v) is 6.14. The number of morpholine rings is 1. The molecule has 1 fully saturated rings. The minimum absolute atomic E-state index is 0.0175. The van der Waals surface area contributed by atoms with E-state index < -0.39 is 0 Å². The number of amides is 1. The van der Waals surface area contributed by atoms with Crippen LogP contribution in [0, 0.1) is 0 Å². The number of carbonyl (C=O) groups is 1. The summed E-state index contributed by atoms with van der Waals surface area (Å²) in [7, 11) is 0. The molecule has 1 aliphatic heterocycles. The van der Waals surface area contributed by atoms with Gasteiger partial charge >= 0.3 is 0 Å². The fraction of sp³-hybridized carbons (Fsp3) is 0.545. The standard InChI is InChI=1S/C11H16N2O2S/c1-11(2)7-13(4-5-15-11)10(14)9-8(12)3-6-16-9/h3,6H,4-5,7,12H2,1-2H3. The maximum absolute atomic E-state index is 12.2. The molecule has 2 N–H and O–H groups in total. The predicted molar refractivity (Wildman–Crippen MR) is 64.7 cm³/mol. The summed E-state index contributed by atoms with van der Waals surface area (Å²) < 4.78 is 5.57. The average Bonchev–Trinajstić information content (AvgIpc) is 2.62. The lowest BCUT2D eigenvalue weighted by atomic mass is 10.1. The molecule has 1 aromatic heterocycles. The predicted octanol–water partition coefficient (Wildman–Crippen LogP) is 1.58. The number of anilines is 1. The Morgan fingerprint density at radius 3 is 2.94 bits per heavy atom. The van der Waals surface area contributed by atoms with Crippen molar-refractivity contribution in [3.8, 4) is 0 Å². The summed E-state index contributed by atoms with van der Waals surface area (Å²) in [6.07, 6.45) is 0. The van der Waals surface area contributed by atoms with Crippen molar-refractivity contribution >= 4 is 22.9 Å². The summed E-state index contributed by atoms with van der Waals surface area (Å²) in [5.41, 5.74) is 6.05. The van der Waals surface area contributed by atoms with Crippen LogP contribution in [0.3, 0.4) is 0 Å². The van der Waals surface area contributed by atoms with Gasteiger partial charge < -0.3 is 15.4 Å². The summed E-state index contributed by atoms with van der Waals surface area (Å²) in [5.74, 6) is 0.0175. The third-order valence-corrected chi connectivity index (χ3v) is 3.52. The fourth-order valence-electron chi connectivity index (χ4n) is 1.83. The second-order valence-electron chi connectivity index (χ2n) is 4.54. The first-order chi connectivity index (χ1) is 7.49. The number of hydrogen-bond acceptors (Lipinski definition) is 4. The number of hydrogen-bond donors (Lipinski definition) is 1. The zero-order valence-electron chi connectivity index (χ0n) is 9.53. The van der Waals surface area contributed by atoms with Gasteiger partial charge in [0.15, 0.2) is 0 Å². The van der Waals surface area contributed by atoms with E-state index in [-0.39, 0.29) is 11.5 Å². The topological polar surface area (TPSA) is 55.6 Å². The molecular weight excluding hydrogens is 224 g/mol. The van der Waals surface area contributed by atoms with E-state index in [2.05, 4.69) is 0 Å². The second-order valence-corrected chi connectivity index (χ2v) is 5.46. The van der Waals surface area contributed by atoms with Crippen LogP contribution in [-0.2, 0) is 4.74 Å². The Morgan fingerprint density at radius 1 is 1.62 bits per heavy atom. The van der Waals surface area contributed by atoms with Crippen molar-refractivity contribution in [2.24, 2.45) is 0 Å². The molecular formula is C11H16N2O2S. The molecule has 0 saturated carbocycles. The van der Waals surface area contributed by atoms with E-state index in [0.29, 0.717) is 30.3 Å². The summed E-state index contributed by atoms with van der Waals surface area (Å²) in [5, 5.41) is 1.84. The Morgan fingerprint density at radius 2 is 2.38 bits per heavy atom. The van der Waals surface area contributed by atoms with E-state index in [0.717, 1.165) is 0 Å². The summed E-state index contributed by atoms with van der Waals surface area (Å²) in [6.45, 7) is 5.82. The molecule has 0 aromatic carbocycles. The molecule has 1 aliphatic rings. The third-order valence-electron chi connectivity index (χ3n) is 2.60. The fourth-order valence-corrected chi connectivity index (χ4v) is 2.61. The molecule has 5 heteroatoms. The van der Waals surface area contributed by atoms with Gasteiger partial charge in [-0.3, -0.25) is 4.79 Å². The van der Waals surface area contributed by atoms with Gasteiger partial charge in [-0.25, -0.2) is 0 Å². The van der Waals surface area contributed by atoms with Crippen LogP contribution < -0.4 is 5.73 Å². The number of ether oxygens (including phenoxy) is 1. The van der Waals surface area contributed by atoms with Crippen molar-refractivity contribution in [1.82, 2.24) is 4.90 Å². The molecule has 0 spiro atoms. The van der Waals surface area contributed by atoms with Crippen molar-refractivity contribution in [1.29, 1.82) is 0 Å². The van der Waals surface area contributed by atoms with Crippen molar-refractivity contribution in [3.63, 3.8) is 0 Å². The molecule has 1 aromatic rings. The van der Waals surface area contributed by atoms with Gasteiger partial charge in [0.05, 0.1) is 17.9 Å². The maximum atomic E-state index is 12.2. The molecule has 88 valence electrons. The van der Waals surface area contributed by atoms with Crippen molar-refractivity contribution in [2.45, 2.75) is 19.4 Å². The summed E-state index contributed by atoms with van der Waals surface area (Å²) in [6, 6.07) is 1.77. The number of nitrogens with two attached hydrogens (primary N) is 1. The quantitative estimate of drug-likeness (QED) is 0.811. The lowest BCUT2D eigenvalue weighted by Gasteiger charge is -2.38. The zero-order valence-corrected chi connectivity index (χ0v) is 10.3. The van der Waals surface area contributed by atoms with Gasteiger partial charge in [0, 0.05) is 13.1 Å². The lowest BCUT2D eigenvalue weighted by Crippen LogP contribution is -2.50. The first-order valence-electron chi connectivity index (χ1n) is 5.26. The van der Waals surface area contributed by atoms with Crippen LogP contribution in [0.25, 0.3) is 0 Å². The molecule has 0 atom stereocenters. The van der Waals surface area contributed by atoms with Crippen LogP contribution in [0.5, 0.6) is 0 Å². The molecule has 0 unspecified atom stereocenters. The van der Waals surface area contributed by atoms with E-state index in [1.807, 2.05) is 24.1 Å². The minimum Gasteiger partial charge on any atom is -0.397 e. The molecule has 0 aliphatic carbocycles. The highest BCUT2D eigenvalue weighted by atomic mass is 32.1. The highest BCUT2D eigenvalue weighted by Crippen LogP contribution is 2.24. The monoisotopic (exact) mass is 240 g/mol. The van der Waals surface area contributed by atoms with Crippen molar-refractivity contribution < 1.29 is 9.53 Å². The largest absolute Gasteiger partial charge is 0.397 e. The molecule has 2 rings (SSSR count). The van der Waals surface area contributed by atoms with Crippen LogP contribution in [-0.4, -0.2) is 36.1 Å². The van der Waals surface area contributed by atoms with Crippen LogP contribution in [0.2, 0.25) is 0 Å². The second kappa shape index (κ2) is 4.07. The molecule has 1 amide bonds. The Hall–Kier alpha value is -1.07. The Bertz CT molecular complexity index is 400. The number of rotatable bonds is 1. The molecule has 0 radical (unpaired) electrons. The molecule has 0 bridgehead atoms. The van der Waals surface area contributed by atoms with E-state index in [1.54, 1.807) is 6.07 Å². The van der Waals surface area contributed by atoms with Crippen LogP contribution in [0.15, 0.2) is 11.4 Å².